The first-order valence-corrected chi connectivity index (χ1v) is 7.87. The maximum Gasteiger partial charge on any atom is 0.272 e. The summed E-state index contributed by atoms with van der Waals surface area (Å²) in [5, 5.41) is 9.80. The molecule has 1 aromatic carbocycles. The number of hydrogen-bond donors (Lipinski definition) is 2. The predicted octanol–water partition coefficient (Wildman–Crippen LogP) is 1.89. The van der Waals surface area contributed by atoms with Crippen LogP contribution in [0.4, 0.5) is 4.39 Å². The van der Waals surface area contributed by atoms with E-state index in [4.69, 9.17) is 0 Å². The highest BCUT2D eigenvalue weighted by atomic mass is 19.1. The van der Waals surface area contributed by atoms with E-state index in [2.05, 4.69) is 15.5 Å². The van der Waals surface area contributed by atoms with Crippen molar-refractivity contribution < 1.29 is 14.0 Å². The third-order valence-corrected chi connectivity index (χ3v) is 3.95. The first-order valence-electron chi connectivity index (χ1n) is 7.87. The van der Waals surface area contributed by atoms with Gasteiger partial charge in [0.25, 0.3) is 11.8 Å². The van der Waals surface area contributed by atoms with E-state index in [-0.39, 0.29) is 23.7 Å². The number of H-pyrrole nitrogens is 1. The van der Waals surface area contributed by atoms with Crippen LogP contribution in [0, 0.1) is 5.82 Å². The van der Waals surface area contributed by atoms with Crippen molar-refractivity contribution in [2.45, 2.75) is 32.9 Å². The average molecular weight is 330 g/mol. The van der Waals surface area contributed by atoms with Crippen molar-refractivity contribution in [3.8, 4) is 0 Å². The molecule has 1 aliphatic rings. The number of carbonyl (C=O) groups is 2. The van der Waals surface area contributed by atoms with E-state index in [0.717, 1.165) is 11.3 Å². The number of nitrogens with one attached hydrogen (secondary N) is 2. The number of fused-ring (bicyclic) bond motifs is 1. The number of amides is 2. The Morgan fingerprint density at radius 2 is 2.00 bits per heavy atom. The van der Waals surface area contributed by atoms with Gasteiger partial charge in [0.15, 0.2) is 5.69 Å². The van der Waals surface area contributed by atoms with Crippen LogP contribution in [0.25, 0.3) is 0 Å². The highest BCUT2D eigenvalue weighted by molar-refractivity contribution is 5.96. The molecule has 0 bridgehead atoms. The van der Waals surface area contributed by atoms with E-state index >= 15 is 0 Å². The van der Waals surface area contributed by atoms with Gasteiger partial charge in [0.2, 0.25) is 0 Å². The Morgan fingerprint density at radius 3 is 2.67 bits per heavy atom. The lowest BCUT2D eigenvalue weighted by molar-refractivity contribution is 0.0731. The van der Waals surface area contributed by atoms with Gasteiger partial charge in [0.05, 0.1) is 6.54 Å². The van der Waals surface area contributed by atoms with E-state index in [0.29, 0.717) is 30.8 Å². The molecule has 0 fully saturated rings. The molecule has 1 aliphatic heterocycles. The van der Waals surface area contributed by atoms with Gasteiger partial charge in [0.1, 0.15) is 5.82 Å². The topological polar surface area (TPSA) is 78.1 Å². The summed E-state index contributed by atoms with van der Waals surface area (Å²) in [6.45, 7) is 4.59. The van der Waals surface area contributed by atoms with Gasteiger partial charge in [-0.05, 0) is 38.1 Å². The SMILES string of the molecule is CC(C)NC(=O)c1n[nH]c2c1CN(C(=O)c1ccc(F)cc1)CC2. The molecule has 0 spiro atoms. The molecule has 126 valence electrons. The Hall–Kier alpha value is -2.70. The third kappa shape index (κ3) is 3.15. The van der Waals surface area contributed by atoms with Crippen molar-refractivity contribution in [1.29, 1.82) is 0 Å². The monoisotopic (exact) mass is 330 g/mol. The molecule has 2 heterocycles. The van der Waals surface area contributed by atoms with E-state index in [1.165, 1.54) is 24.3 Å². The zero-order valence-electron chi connectivity index (χ0n) is 13.6. The fourth-order valence-electron chi connectivity index (χ4n) is 2.76. The van der Waals surface area contributed by atoms with Crippen LogP contribution in [-0.4, -0.2) is 39.5 Å². The minimum Gasteiger partial charge on any atom is -0.348 e. The van der Waals surface area contributed by atoms with E-state index in [1.54, 1.807) is 4.90 Å². The van der Waals surface area contributed by atoms with Crippen LogP contribution in [0.2, 0.25) is 0 Å². The summed E-state index contributed by atoms with van der Waals surface area (Å²) in [5.41, 5.74) is 2.38. The zero-order chi connectivity index (χ0) is 17.3. The van der Waals surface area contributed by atoms with Crippen LogP contribution in [0.15, 0.2) is 24.3 Å². The van der Waals surface area contributed by atoms with Crippen molar-refractivity contribution in [2.24, 2.45) is 0 Å². The number of hydrogen-bond acceptors (Lipinski definition) is 3. The van der Waals surface area contributed by atoms with Crippen LogP contribution < -0.4 is 5.32 Å². The van der Waals surface area contributed by atoms with E-state index in [9.17, 15) is 14.0 Å². The van der Waals surface area contributed by atoms with Gasteiger partial charge in [-0.25, -0.2) is 4.39 Å². The van der Waals surface area contributed by atoms with Crippen molar-refractivity contribution in [3.63, 3.8) is 0 Å². The number of benzene rings is 1. The summed E-state index contributed by atoms with van der Waals surface area (Å²) in [7, 11) is 0. The molecule has 2 amide bonds. The lowest BCUT2D eigenvalue weighted by Gasteiger charge is -2.27. The highest BCUT2D eigenvalue weighted by Gasteiger charge is 2.28. The largest absolute Gasteiger partial charge is 0.348 e. The van der Waals surface area contributed by atoms with Crippen LogP contribution in [0.1, 0.15) is 46.0 Å². The average Bonchev–Trinajstić information content (AvgIpc) is 2.97. The number of halogens is 1. The molecule has 1 aromatic heterocycles. The predicted molar refractivity (Wildman–Crippen MR) is 86.0 cm³/mol. The Bertz CT molecular complexity index is 767. The third-order valence-electron chi connectivity index (χ3n) is 3.95. The number of nitrogens with zero attached hydrogens (tertiary/aromatic N) is 2. The fourth-order valence-corrected chi connectivity index (χ4v) is 2.76. The normalized spacial score (nSPS) is 13.8. The molecule has 0 saturated carbocycles. The van der Waals surface area contributed by atoms with Crippen LogP contribution >= 0.6 is 0 Å². The van der Waals surface area contributed by atoms with Crippen molar-refractivity contribution in [2.75, 3.05) is 6.54 Å². The van der Waals surface area contributed by atoms with Crippen molar-refractivity contribution in [1.82, 2.24) is 20.4 Å². The quantitative estimate of drug-likeness (QED) is 0.902. The van der Waals surface area contributed by atoms with Gasteiger partial charge in [0, 0.05) is 35.8 Å². The Morgan fingerprint density at radius 1 is 1.29 bits per heavy atom. The molecule has 7 heteroatoms. The second-order valence-corrected chi connectivity index (χ2v) is 6.14. The Kier molecular flexibility index (Phi) is 4.33. The molecule has 24 heavy (non-hydrogen) atoms. The molecular weight excluding hydrogens is 311 g/mol. The van der Waals surface area contributed by atoms with Gasteiger partial charge < -0.3 is 10.2 Å². The van der Waals surface area contributed by atoms with Crippen LogP contribution in [0.3, 0.4) is 0 Å². The Labute approximate surface area is 139 Å². The first-order chi connectivity index (χ1) is 11.5. The molecule has 3 rings (SSSR count). The van der Waals surface area contributed by atoms with Gasteiger partial charge in [-0.3, -0.25) is 14.7 Å². The van der Waals surface area contributed by atoms with Gasteiger partial charge in [-0.15, -0.1) is 0 Å². The maximum absolute atomic E-state index is 13.0. The number of carbonyl (C=O) groups excluding carboxylic acids is 2. The molecular formula is C17H19FN4O2. The number of aromatic nitrogens is 2. The smallest absolute Gasteiger partial charge is 0.272 e. The second kappa shape index (κ2) is 6.43. The zero-order valence-corrected chi connectivity index (χ0v) is 13.6. The van der Waals surface area contributed by atoms with E-state index in [1.807, 2.05) is 13.8 Å². The molecule has 2 N–H and O–H groups in total. The summed E-state index contributed by atoms with van der Waals surface area (Å²) in [6, 6.07) is 5.47. The minimum atomic E-state index is -0.380. The van der Waals surface area contributed by atoms with Crippen LogP contribution in [0.5, 0.6) is 0 Å². The van der Waals surface area contributed by atoms with E-state index < -0.39 is 0 Å². The summed E-state index contributed by atoms with van der Waals surface area (Å²) in [6.07, 6.45) is 0.601. The summed E-state index contributed by atoms with van der Waals surface area (Å²) in [5.74, 6) is -0.814. The molecule has 0 aliphatic carbocycles. The number of aromatic amines is 1. The van der Waals surface area contributed by atoms with Crippen molar-refractivity contribution >= 4 is 11.8 Å². The first kappa shape index (κ1) is 16.2. The summed E-state index contributed by atoms with van der Waals surface area (Å²) < 4.78 is 13.0. The number of rotatable bonds is 3. The van der Waals surface area contributed by atoms with Gasteiger partial charge in [-0.2, -0.15) is 5.10 Å². The fraction of sp³-hybridized carbons (Fsp3) is 0.353. The molecule has 2 aromatic rings. The molecule has 0 unspecified atom stereocenters. The molecule has 0 radical (unpaired) electrons. The Balaban J connectivity index is 1.80. The van der Waals surface area contributed by atoms with Gasteiger partial charge >= 0.3 is 0 Å². The standard InChI is InChI=1S/C17H19FN4O2/c1-10(2)19-16(23)15-13-9-22(8-7-14(13)20-21-15)17(24)11-3-5-12(18)6-4-11/h3-6,10H,7-9H2,1-2H3,(H,19,23)(H,20,21). The second-order valence-electron chi connectivity index (χ2n) is 6.14. The van der Waals surface area contributed by atoms with Gasteiger partial charge in [-0.1, -0.05) is 0 Å². The lowest BCUT2D eigenvalue weighted by Crippen LogP contribution is -2.37. The highest BCUT2D eigenvalue weighted by Crippen LogP contribution is 2.22. The summed E-state index contributed by atoms with van der Waals surface area (Å²) >= 11 is 0. The molecule has 0 atom stereocenters. The minimum absolute atomic E-state index is 0.00499. The maximum atomic E-state index is 13.0. The molecule has 0 saturated heterocycles. The van der Waals surface area contributed by atoms with Crippen LogP contribution in [-0.2, 0) is 13.0 Å². The summed E-state index contributed by atoms with van der Waals surface area (Å²) in [4.78, 5) is 26.5. The molecule has 6 nitrogen and oxygen atoms in total. The lowest BCUT2D eigenvalue weighted by atomic mass is 10.0. The van der Waals surface area contributed by atoms with Crippen molar-refractivity contribution in [3.05, 3.63) is 52.6 Å².